The number of hydrogen-bond donors (Lipinski definition) is 1. The van der Waals surface area contributed by atoms with Gasteiger partial charge < -0.3 is 5.73 Å². The van der Waals surface area contributed by atoms with Crippen molar-refractivity contribution >= 4 is 17.5 Å². The molecule has 0 saturated carbocycles. The average molecular weight is 398 g/mol. The van der Waals surface area contributed by atoms with E-state index in [0.717, 1.165) is 48.3 Å². The lowest BCUT2D eigenvalue weighted by atomic mass is 9.93. The maximum absolute atomic E-state index is 13.4. The van der Waals surface area contributed by atoms with Crippen LogP contribution < -0.4 is 5.73 Å². The maximum atomic E-state index is 13.4. The zero-order valence-corrected chi connectivity index (χ0v) is 16.1. The second kappa shape index (κ2) is 8.20. The van der Waals surface area contributed by atoms with Crippen LogP contribution in [0.4, 0.5) is 10.3 Å². The Morgan fingerprint density at radius 2 is 1.89 bits per heavy atom. The molecule has 1 unspecified atom stereocenters. The molecule has 0 radical (unpaired) electrons. The summed E-state index contributed by atoms with van der Waals surface area (Å²) >= 11 is 5.96. The van der Waals surface area contributed by atoms with Crippen molar-refractivity contribution in [2.75, 3.05) is 12.3 Å². The molecule has 0 aliphatic carbocycles. The Morgan fingerprint density at radius 3 is 2.64 bits per heavy atom. The van der Waals surface area contributed by atoms with Crippen molar-refractivity contribution in [3.05, 3.63) is 71.0 Å². The molecule has 3 aromatic rings. The number of piperidine rings is 1. The fourth-order valence-electron chi connectivity index (χ4n) is 3.71. The zero-order valence-electron chi connectivity index (χ0n) is 15.4. The second-order valence-electron chi connectivity index (χ2n) is 6.98. The van der Waals surface area contributed by atoms with Gasteiger partial charge >= 0.3 is 0 Å². The number of benzene rings is 1. The minimum Gasteiger partial charge on any atom is -0.368 e. The van der Waals surface area contributed by atoms with Crippen molar-refractivity contribution in [2.24, 2.45) is 0 Å². The lowest BCUT2D eigenvalue weighted by molar-refractivity contribution is 0.136. The topological polar surface area (TPSA) is 67.9 Å². The van der Waals surface area contributed by atoms with Crippen LogP contribution in [0.15, 0.2) is 48.8 Å². The standard InChI is InChI=1S/C21H21ClFN5/c22-15-6-9-17(25-11-15)13-28-10-2-1-3-19(28)20-18(12-26-21(24)27-20)14-4-7-16(23)8-5-14/h4-9,11-12,19H,1-3,10,13H2,(H2,24,26,27). The highest BCUT2D eigenvalue weighted by atomic mass is 35.5. The molecule has 1 aliphatic rings. The Hall–Kier alpha value is -2.57. The number of halogens is 2. The monoisotopic (exact) mass is 397 g/mol. The molecule has 1 aromatic carbocycles. The van der Waals surface area contributed by atoms with Crippen molar-refractivity contribution < 1.29 is 4.39 Å². The predicted molar refractivity (Wildman–Crippen MR) is 108 cm³/mol. The van der Waals surface area contributed by atoms with Crippen molar-refractivity contribution in [1.29, 1.82) is 0 Å². The number of pyridine rings is 1. The minimum atomic E-state index is -0.269. The molecule has 2 aromatic heterocycles. The summed E-state index contributed by atoms with van der Waals surface area (Å²) in [5, 5.41) is 0.626. The molecule has 28 heavy (non-hydrogen) atoms. The second-order valence-corrected chi connectivity index (χ2v) is 7.42. The van der Waals surface area contributed by atoms with E-state index in [9.17, 15) is 4.39 Å². The summed E-state index contributed by atoms with van der Waals surface area (Å²) in [6.45, 7) is 1.65. The number of likely N-dealkylation sites (tertiary alicyclic amines) is 1. The first kappa shape index (κ1) is 18.8. The van der Waals surface area contributed by atoms with Crippen molar-refractivity contribution in [2.45, 2.75) is 31.8 Å². The van der Waals surface area contributed by atoms with Gasteiger partial charge in [-0.3, -0.25) is 9.88 Å². The van der Waals surface area contributed by atoms with E-state index in [1.54, 1.807) is 24.5 Å². The lowest BCUT2D eigenvalue weighted by Gasteiger charge is -2.36. The highest BCUT2D eigenvalue weighted by molar-refractivity contribution is 6.30. The van der Waals surface area contributed by atoms with Gasteiger partial charge in [-0.2, -0.15) is 0 Å². The van der Waals surface area contributed by atoms with Crippen molar-refractivity contribution in [1.82, 2.24) is 19.9 Å². The maximum Gasteiger partial charge on any atom is 0.220 e. The molecule has 5 nitrogen and oxygen atoms in total. The Bertz CT molecular complexity index is 946. The number of nitrogens with zero attached hydrogens (tertiary/aromatic N) is 4. The number of aromatic nitrogens is 3. The molecular formula is C21H21ClFN5. The number of nitrogens with two attached hydrogens (primary N) is 1. The smallest absolute Gasteiger partial charge is 0.220 e. The van der Waals surface area contributed by atoms with Gasteiger partial charge in [-0.1, -0.05) is 30.2 Å². The third-order valence-electron chi connectivity index (χ3n) is 5.08. The largest absolute Gasteiger partial charge is 0.368 e. The van der Waals surface area contributed by atoms with Gasteiger partial charge in [-0.05, 0) is 49.2 Å². The Balaban J connectivity index is 1.69. The summed E-state index contributed by atoms with van der Waals surface area (Å²) in [4.78, 5) is 15.6. The van der Waals surface area contributed by atoms with Crippen LogP contribution in [0, 0.1) is 5.82 Å². The Labute approximate surface area is 168 Å². The highest BCUT2D eigenvalue weighted by Gasteiger charge is 2.28. The van der Waals surface area contributed by atoms with Crippen molar-refractivity contribution in [3.8, 4) is 11.1 Å². The molecule has 0 amide bonds. The summed E-state index contributed by atoms with van der Waals surface area (Å²) in [6, 6.07) is 10.3. The normalized spacial score (nSPS) is 17.6. The van der Waals surface area contributed by atoms with E-state index in [-0.39, 0.29) is 17.8 Å². The van der Waals surface area contributed by atoms with E-state index >= 15 is 0 Å². The quantitative estimate of drug-likeness (QED) is 0.694. The summed E-state index contributed by atoms with van der Waals surface area (Å²) in [5.41, 5.74) is 9.53. The number of hydrogen-bond acceptors (Lipinski definition) is 5. The molecular weight excluding hydrogens is 377 g/mol. The van der Waals surface area contributed by atoms with Crippen molar-refractivity contribution in [3.63, 3.8) is 0 Å². The predicted octanol–water partition coefficient (Wildman–Crippen LogP) is 4.64. The lowest BCUT2D eigenvalue weighted by Crippen LogP contribution is -2.34. The van der Waals surface area contributed by atoms with Gasteiger partial charge in [-0.15, -0.1) is 0 Å². The molecule has 0 bridgehead atoms. The van der Waals surface area contributed by atoms with E-state index in [0.29, 0.717) is 11.6 Å². The number of nitrogen functional groups attached to an aromatic ring is 1. The molecule has 0 spiro atoms. The fourth-order valence-corrected chi connectivity index (χ4v) is 3.82. The van der Waals surface area contributed by atoms with Crippen LogP contribution in [-0.4, -0.2) is 26.4 Å². The summed E-state index contributed by atoms with van der Waals surface area (Å²) in [7, 11) is 0. The number of anilines is 1. The van der Waals surface area contributed by atoms with Crippen LogP contribution >= 0.6 is 11.6 Å². The molecule has 2 N–H and O–H groups in total. The van der Waals surface area contributed by atoms with E-state index < -0.39 is 0 Å². The van der Waals surface area contributed by atoms with Gasteiger partial charge in [0.1, 0.15) is 5.82 Å². The van der Waals surface area contributed by atoms with Gasteiger partial charge in [0, 0.05) is 24.5 Å². The molecule has 1 aliphatic heterocycles. The van der Waals surface area contributed by atoms with Crippen LogP contribution in [0.2, 0.25) is 5.02 Å². The van der Waals surface area contributed by atoms with Crippen LogP contribution in [0.3, 0.4) is 0 Å². The van der Waals surface area contributed by atoms with Crippen LogP contribution in [0.1, 0.15) is 36.7 Å². The molecule has 3 heterocycles. The van der Waals surface area contributed by atoms with Crippen LogP contribution in [0.5, 0.6) is 0 Å². The van der Waals surface area contributed by atoms with E-state index in [1.165, 1.54) is 12.1 Å². The first-order valence-electron chi connectivity index (χ1n) is 9.33. The Kier molecular flexibility index (Phi) is 5.50. The highest BCUT2D eigenvalue weighted by Crippen LogP contribution is 2.36. The molecule has 1 saturated heterocycles. The third kappa shape index (κ3) is 4.13. The first-order chi connectivity index (χ1) is 13.6. The van der Waals surface area contributed by atoms with Gasteiger partial charge in [0.15, 0.2) is 0 Å². The zero-order chi connectivity index (χ0) is 19.5. The Morgan fingerprint density at radius 1 is 1.07 bits per heavy atom. The fraction of sp³-hybridized carbons (Fsp3) is 0.286. The van der Waals surface area contributed by atoms with Gasteiger partial charge in [0.25, 0.3) is 0 Å². The molecule has 1 fully saturated rings. The minimum absolute atomic E-state index is 0.0941. The van der Waals surface area contributed by atoms with E-state index in [2.05, 4.69) is 19.9 Å². The van der Waals surface area contributed by atoms with Gasteiger partial charge in [-0.25, -0.2) is 14.4 Å². The SMILES string of the molecule is Nc1ncc(-c2ccc(F)cc2)c(C2CCCCN2Cc2ccc(Cl)cn2)n1. The molecule has 7 heteroatoms. The first-order valence-corrected chi connectivity index (χ1v) is 9.71. The summed E-state index contributed by atoms with van der Waals surface area (Å²) in [5.74, 6) is -0.0224. The van der Waals surface area contributed by atoms with Crippen LogP contribution in [-0.2, 0) is 6.54 Å². The molecule has 1 atom stereocenters. The van der Waals surface area contributed by atoms with Gasteiger partial charge in [0.2, 0.25) is 5.95 Å². The van der Waals surface area contributed by atoms with Crippen LogP contribution in [0.25, 0.3) is 11.1 Å². The van der Waals surface area contributed by atoms with E-state index in [4.69, 9.17) is 17.3 Å². The summed E-state index contributed by atoms with van der Waals surface area (Å²) in [6.07, 6.45) is 6.61. The van der Waals surface area contributed by atoms with Gasteiger partial charge in [0.05, 0.1) is 22.5 Å². The molecule has 144 valence electrons. The van der Waals surface area contributed by atoms with E-state index in [1.807, 2.05) is 12.1 Å². The average Bonchev–Trinajstić information content (AvgIpc) is 2.71. The number of rotatable bonds is 4. The summed E-state index contributed by atoms with van der Waals surface area (Å²) < 4.78 is 13.4. The third-order valence-corrected chi connectivity index (χ3v) is 5.30. The molecule has 4 rings (SSSR count).